The Morgan fingerprint density at radius 2 is 1.88 bits per heavy atom. The average Bonchev–Trinajstić information content (AvgIpc) is 3.24. The zero-order valence-corrected chi connectivity index (χ0v) is 19.3. The molecule has 33 heavy (non-hydrogen) atoms. The Morgan fingerprint density at radius 1 is 1.18 bits per heavy atom. The van der Waals surface area contributed by atoms with Gasteiger partial charge >= 0.3 is 6.18 Å². The molecule has 1 saturated carbocycles. The fourth-order valence-corrected chi connectivity index (χ4v) is 5.50. The predicted molar refractivity (Wildman–Crippen MR) is 119 cm³/mol. The van der Waals surface area contributed by atoms with E-state index in [4.69, 9.17) is 5.14 Å². The summed E-state index contributed by atoms with van der Waals surface area (Å²) < 4.78 is 77.9. The molecule has 0 radical (unpaired) electrons. The maximum atomic E-state index is 14.4. The fraction of sp³-hybridized carbons (Fsp3) is 0.455. The number of nitrogens with one attached hydrogen (secondary N) is 1. The monoisotopic (exact) mass is 486 g/mol. The first-order valence-corrected chi connectivity index (χ1v) is 12.0. The number of alkyl halides is 3. The molecule has 1 aliphatic carbocycles. The fourth-order valence-electron chi connectivity index (χ4n) is 4.82. The highest BCUT2D eigenvalue weighted by Gasteiger charge is 2.58. The topological polar surface area (TPSA) is 78.7 Å². The largest absolute Gasteiger partial charge is 0.416 e. The van der Waals surface area contributed by atoms with Gasteiger partial charge in [0.15, 0.2) is 0 Å². The SMILES string of the molecule is Cc1cc(S(N)(=O)=O)c(F)cc1Nc1ccc(C(F)(F)F)cc1N1CCC2(C[C@H]2N(C)C)C1. The first kappa shape index (κ1) is 23.8. The Morgan fingerprint density at radius 3 is 2.45 bits per heavy atom. The van der Waals surface area contributed by atoms with E-state index in [2.05, 4.69) is 10.2 Å². The molecule has 2 aliphatic rings. The number of benzene rings is 2. The number of sulfonamides is 1. The lowest BCUT2D eigenvalue weighted by Crippen LogP contribution is -2.26. The van der Waals surface area contributed by atoms with Gasteiger partial charge in [0.2, 0.25) is 10.0 Å². The maximum Gasteiger partial charge on any atom is 0.416 e. The number of halogens is 4. The van der Waals surface area contributed by atoms with Crippen molar-refractivity contribution >= 4 is 27.1 Å². The quantitative estimate of drug-likeness (QED) is 0.623. The van der Waals surface area contributed by atoms with E-state index in [0.717, 1.165) is 37.1 Å². The van der Waals surface area contributed by atoms with Gasteiger partial charge in [0.1, 0.15) is 10.7 Å². The normalized spacial score (nSPS) is 22.9. The summed E-state index contributed by atoms with van der Waals surface area (Å²) in [6.45, 7) is 2.80. The van der Waals surface area contributed by atoms with Crippen LogP contribution in [-0.2, 0) is 16.2 Å². The molecule has 0 bridgehead atoms. The van der Waals surface area contributed by atoms with E-state index in [-0.39, 0.29) is 11.1 Å². The summed E-state index contributed by atoms with van der Waals surface area (Å²) in [5, 5.41) is 8.05. The van der Waals surface area contributed by atoms with E-state index < -0.39 is 32.5 Å². The number of nitrogens with zero attached hydrogens (tertiary/aromatic N) is 2. The molecular formula is C22H26F4N4O2S. The van der Waals surface area contributed by atoms with Crippen molar-refractivity contribution in [3.05, 3.63) is 47.3 Å². The van der Waals surface area contributed by atoms with Gasteiger partial charge in [-0.3, -0.25) is 0 Å². The van der Waals surface area contributed by atoms with Crippen molar-refractivity contribution in [2.75, 3.05) is 37.4 Å². The minimum absolute atomic E-state index is 0.0637. The molecule has 11 heteroatoms. The molecule has 2 aromatic carbocycles. The second kappa shape index (κ2) is 7.85. The number of rotatable bonds is 5. The molecule has 6 nitrogen and oxygen atoms in total. The van der Waals surface area contributed by atoms with Crippen molar-refractivity contribution in [2.24, 2.45) is 10.6 Å². The van der Waals surface area contributed by atoms with Crippen LogP contribution < -0.4 is 15.4 Å². The van der Waals surface area contributed by atoms with E-state index in [1.807, 2.05) is 19.0 Å². The van der Waals surface area contributed by atoms with Crippen molar-refractivity contribution in [3.63, 3.8) is 0 Å². The molecule has 0 aromatic heterocycles. The van der Waals surface area contributed by atoms with Gasteiger partial charge in [-0.15, -0.1) is 0 Å². The average molecular weight is 487 g/mol. The summed E-state index contributed by atoms with van der Waals surface area (Å²) in [6, 6.07) is 5.90. The molecule has 1 spiro atoms. The number of hydrogen-bond acceptors (Lipinski definition) is 5. The highest BCUT2D eigenvalue weighted by Crippen LogP contribution is 2.56. The molecular weight excluding hydrogens is 460 g/mol. The predicted octanol–water partition coefficient (Wildman–Crippen LogP) is 4.07. The Balaban J connectivity index is 1.70. The van der Waals surface area contributed by atoms with Gasteiger partial charge < -0.3 is 15.1 Å². The Kier molecular flexibility index (Phi) is 5.65. The van der Waals surface area contributed by atoms with E-state index in [9.17, 15) is 26.0 Å². The lowest BCUT2D eigenvalue weighted by molar-refractivity contribution is -0.137. The van der Waals surface area contributed by atoms with Crippen LogP contribution in [0.4, 0.5) is 34.6 Å². The molecule has 4 rings (SSSR count). The summed E-state index contributed by atoms with van der Waals surface area (Å²) in [5.74, 6) is -1.04. The van der Waals surface area contributed by atoms with Crippen LogP contribution in [0.2, 0.25) is 0 Å². The second-order valence-corrected chi connectivity index (χ2v) is 10.7. The smallest absolute Gasteiger partial charge is 0.369 e. The number of nitrogens with two attached hydrogens (primary N) is 1. The van der Waals surface area contributed by atoms with Crippen molar-refractivity contribution in [1.29, 1.82) is 0 Å². The minimum Gasteiger partial charge on any atom is -0.369 e. The van der Waals surface area contributed by atoms with Gasteiger partial charge in [0.25, 0.3) is 0 Å². The standard InChI is InChI=1S/C22H26F4N4O2S/c1-13-8-19(33(27,31)32)15(23)10-17(13)28-16-5-4-14(22(24,25)26)9-18(16)30-7-6-21(12-30)11-20(21)29(2)3/h4-5,8-10,20,28H,6-7,11-12H2,1-3H3,(H2,27,31,32)/t20-,21?/m1/s1. The first-order valence-electron chi connectivity index (χ1n) is 10.4. The highest BCUT2D eigenvalue weighted by molar-refractivity contribution is 7.89. The summed E-state index contributed by atoms with van der Waals surface area (Å²) in [4.78, 5) is 3.45. The third-order valence-electron chi connectivity index (χ3n) is 6.68. The second-order valence-electron chi connectivity index (χ2n) is 9.21. The molecule has 1 aliphatic heterocycles. The third-order valence-corrected chi connectivity index (χ3v) is 7.60. The molecule has 2 aromatic rings. The van der Waals surface area contributed by atoms with Gasteiger partial charge in [-0.2, -0.15) is 13.2 Å². The number of hydrogen-bond donors (Lipinski definition) is 2. The summed E-state index contributed by atoms with van der Waals surface area (Å²) in [5.41, 5.74) is 0.686. The van der Waals surface area contributed by atoms with Gasteiger partial charge in [-0.05, 0) is 69.8 Å². The van der Waals surface area contributed by atoms with E-state index >= 15 is 0 Å². The zero-order valence-electron chi connectivity index (χ0n) is 18.5. The molecule has 1 unspecified atom stereocenters. The number of primary sulfonamides is 1. The Labute approximate surface area is 190 Å². The van der Waals surface area contributed by atoms with E-state index in [1.54, 1.807) is 6.92 Å². The molecule has 2 fully saturated rings. The van der Waals surface area contributed by atoms with Gasteiger partial charge in [-0.25, -0.2) is 17.9 Å². The van der Waals surface area contributed by atoms with Gasteiger partial charge in [0, 0.05) is 30.2 Å². The molecule has 180 valence electrons. The molecule has 2 atom stereocenters. The minimum atomic E-state index is -4.50. The Hall–Kier alpha value is -2.37. The van der Waals surface area contributed by atoms with Gasteiger partial charge in [0.05, 0.1) is 16.9 Å². The van der Waals surface area contributed by atoms with Crippen molar-refractivity contribution < 1.29 is 26.0 Å². The summed E-state index contributed by atoms with van der Waals surface area (Å²) in [7, 11) is -0.244. The number of anilines is 3. The van der Waals surface area contributed by atoms with Crippen molar-refractivity contribution in [2.45, 2.75) is 36.9 Å². The van der Waals surface area contributed by atoms with Crippen molar-refractivity contribution in [1.82, 2.24) is 4.90 Å². The molecule has 1 heterocycles. The lowest BCUT2D eigenvalue weighted by atomic mass is 10.1. The van der Waals surface area contributed by atoms with Crippen LogP contribution in [-0.4, -0.2) is 46.5 Å². The van der Waals surface area contributed by atoms with Crippen LogP contribution in [0.3, 0.4) is 0 Å². The van der Waals surface area contributed by atoms with Crippen LogP contribution in [0.5, 0.6) is 0 Å². The highest BCUT2D eigenvalue weighted by atomic mass is 32.2. The molecule has 0 amide bonds. The van der Waals surface area contributed by atoms with Crippen molar-refractivity contribution in [3.8, 4) is 0 Å². The summed E-state index contributed by atoms with van der Waals surface area (Å²) >= 11 is 0. The zero-order chi connectivity index (χ0) is 24.3. The van der Waals surface area contributed by atoms with E-state index in [1.165, 1.54) is 6.07 Å². The lowest BCUT2D eigenvalue weighted by Gasteiger charge is -2.25. The summed E-state index contributed by atoms with van der Waals surface area (Å²) in [6.07, 6.45) is -2.63. The van der Waals surface area contributed by atoms with Crippen LogP contribution in [0.25, 0.3) is 0 Å². The maximum absolute atomic E-state index is 14.4. The van der Waals surface area contributed by atoms with Gasteiger partial charge in [-0.1, -0.05) is 0 Å². The third kappa shape index (κ3) is 4.53. The van der Waals surface area contributed by atoms with Crippen LogP contribution in [0.1, 0.15) is 24.0 Å². The van der Waals surface area contributed by atoms with Crippen LogP contribution >= 0.6 is 0 Å². The number of aryl methyl sites for hydroxylation is 1. The Bertz CT molecular complexity index is 1200. The van der Waals surface area contributed by atoms with E-state index in [0.29, 0.717) is 36.1 Å². The first-order chi connectivity index (χ1) is 15.2. The molecule has 1 saturated heterocycles. The van der Waals surface area contributed by atoms with Crippen LogP contribution in [0.15, 0.2) is 35.2 Å². The molecule has 3 N–H and O–H groups in total. The van der Waals surface area contributed by atoms with Crippen LogP contribution in [0, 0.1) is 18.2 Å².